The molecule has 0 aliphatic rings. The molecule has 1 heteroatoms. The summed E-state index contributed by atoms with van der Waals surface area (Å²) in [5, 5.41) is 0. The summed E-state index contributed by atoms with van der Waals surface area (Å²) in [6.07, 6.45) is 6.83. The molecule has 1 unspecified atom stereocenters. The molecule has 0 amide bonds. The van der Waals surface area contributed by atoms with Crippen molar-refractivity contribution in [1.29, 1.82) is 0 Å². The van der Waals surface area contributed by atoms with Crippen LogP contribution in [-0.4, -0.2) is 6.29 Å². The summed E-state index contributed by atoms with van der Waals surface area (Å²) in [4.78, 5) is 10.1. The van der Waals surface area contributed by atoms with Gasteiger partial charge in [0, 0.05) is 5.92 Å². The molecule has 0 aliphatic heterocycles. The molecule has 10 heavy (non-hydrogen) atoms. The first-order chi connectivity index (χ1) is 4.81. The Kier molecular flexibility index (Phi) is 6.56. The van der Waals surface area contributed by atoms with E-state index < -0.39 is 0 Å². The van der Waals surface area contributed by atoms with Crippen molar-refractivity contribution in [3.63, 3.8) is 0 Å². The van der Waals surface area contributed by atoms with Crippen LogP contribution in [0.25, 0.3) is 0 Å². The predicted octanol–water partition coefficient (Wildman–Crippen LogP) is 2.61. The van der Waals surface area contributed by atoms with Crippen molar-refractivity contribution in [3.05, 3.63) is 6.92 Å². The summed E-state index contributed by atoms with van der Waals surface area (Å²) in [6.45, 7) is 5.87. The molecule has 0 spiro atoms. The lowest BCUT2D eigenvalue weighted by Gasteiger charge is -2.00. The van der Waals surface area contributed by atoms with Gasteiger partial charge in [0.15, 0.2) is 0 Å². The van der Waals surface area contributed by atoms with Gasteiger partial charge in [-0.15, -0.1) is 0 Å². The molecule has 0 rings (SSSR count). The maximum atomic E-state index is 10.1. The number of carbonyl (C=O) groups is 1. The summed E-state index contributed by atoms with van der Waals surface area (Å²) >= 11 is 0. The van der Waals surface area contributed by atoms with Gasteiger partial charge in [0.1, 0.15) is 6.29 Å². The highest BCUT2D eigenvalue weighted by Gasteiger charge is 1.97. The average molecular weight is 141 g/mol. The first-order valence-electron chi connectivity index (χ1n) is 4.09. The summed E-state index contributed by atoms with van der Waals surface area (Å²) in [7, 11) is 0. The number of hydrogen-bond donors (Lipinski definition) is 0. The molecule has 0 saturated carbocycles. The Labute approximate surface area is 63.8 Å². The normalized spacial score (nSPS) is 13.0. The van der Waals surface area contributed by atoms with Crippen LogP contribution in [0.4, 0.5) is 0 Å². The van der Waals surface area contributed by atoms with Crippen molar-refractivity contribution < 1.29 is 4.79 Å². The number of unbranched alkanes of at least 4 members (excludes halogenated alkanes) is 3. The second-order valence-electron chi connectivity index (χ2n) is 2.75. The van der Waals surface area contributed by atoms with Gasteiger partial charge in [-0.3, -0.25) is 0 Å². The molecular formula is C9H17O. The number of aldehydes is 1. The van der Waals surface area contributed by atoms with Crippen molar-refractivity contribution in [2.24, 2.45) is 5.92 Å². The molecule has 0 aromatic rings. The molecular weight excluding hydrogens is 124 g/mol. The van der Waals surface area contributed by atoms with Crippen LogP contribution >= 0.6 is 0 Å². The SMILES string of the molecule is [CH2]C(C=O)CCCCCC. The highest BCUT2D eigenvalue weighted by molar-refractivity contribution is 5.54. The van der Waals surface area contributed by atoms with Gasteiger partial charge >= 0.3 is 0 Å². The molecule has 1 nitrogen and oxygen atoms in total. The highest BCUT2D eigenvalue weighted by atomic mass is 16.1. The quantitative estimate of drug-likeness (QED) is 0.410. The van der Waals surface area contributed by atoms with E-state index in [-0.39, 0.29) is 5.92 Å². The topological polar surface area (TPSA) is 17.1 Å². The molecule has 0 fully saturated rings. The van der Waals surface area contributed by atoms with Gasteiger partial charge in [-0.25, -0.2) is 0 Å². The maximum Gasteiger partial charge on any atom is 0.123 e. The van der Waals surface area contributed by atoms with Crippen molar-refractivity contribution in [1.82, 2.24) is 0 Å². The van der Waals surface area contributed by atoms with Gasteiger partial charge in [0.2, 0.25) is 0 Å². The highest BCUT2D eigenvalue weighted by Crippen LogP contribution is 2.07. The van der Waals surface area contributed by atoms with Crippen molar-refractivity contribution >= 4 is 6.29 Å². The molecule has 0 aromatic heterocycles. The van der Waals surface area contributed by atoms with Crippen LogP contribution in [-0.2, 0) is 4.79 Å². The van der Waals surface area contributed by atoms with Crippen molar-refractivity contribution in [3.8, 4) is 0 Å². The molecule has 0 bridgehead atoms. The second-order valence-corrected chi connectivity index (χ2v) is 2.75. The molecule has 0 saturated heterocycles. The van der Waals surface area contributed by atoms with E-state index in [2.05, 4.69) is 13.8 Å². The van der Waals surface area contributed by atoms with E-state index in [1.807, 2.05) is 0 Å². The van der Waals surface area contributed by atoms with E-state index in [0.29, 0.717) is 0 Å². The van der Waals surface area contributed by atoms with Crippen LogP contribution in [0.15, 0.2) is 0 Å². The van der Waals surface area contributed by atoms with Gasteiger partial charge in [-0.1, -0.05) is 32.6 Å². The predicted molar refractivity (Wildman–Crippen MR) is 43.7 cm³/mol. The molecule has 0 aliphatic carbocycles. The van der Waals surface area contributed by atoms with Crippen LogP contribution in [0.3, 0.4) is 0 Å². The minimum absolute atomic E-state index is 0.0249. The van der Waals surface area contributed by atoms with Gasteiger partial charge in [-0.2, -0.15) is 0 Å². The number of hydrogen-bond acceptors (Lipinski definition) is 1. The average Bonchev–Trinajstić information content (AvgIpc) is 1.98. The molecule has 0 heterocycles. The van der Waals surface area contributed by atoms with Crippen molar-refractivity contribution in [2.75, 3.05) is 0 Å². The summed E-state index contributed by atoms with van der Waals surface area (Å²) in [5.41, 5.74) is 0. The fraction of sp³-hybridized carbons (Fsp3) is 0.778. The first-order valence-corrected chi connectivity index (χ1v) is 4.09. The molecule has 1 atom stereocenters. The second kappa shape index (κ2) is 6.79. The lowest BCUT2D eigenvalue weighted by atomic mass is 10.0. The fourth-order valence-corrected chi connectivity index (χ4v) is 0.901. The zero-order valence-electron chi connectivity index (χ0n) is 6.81. The Morgan fingerprint density at radius 3 is 2.60 bits per heavy atom. The minimum atomic E-state index is 0.0249. The monoisotopic (exact) mass is 141 g/mol. The lowest BCUT2D eigenvalue weighted by molar-refractivity contribution is -0.110. The Morgan fingerprint density at radius 1 is 1.40 bits per heavy atom. The zero-order valence-corrected chi connectivity index (χ0v) is 6.81. The Hall–Kier alpha value is -0.330. The third kappa shape index (κ3) is 5.80. The minimum Gasteiger partial charge on any atom is -0.303 e. The van der Waals surface area contributed by atoms with E-state index in [1.165, 1.54) is 19.3 Å². The van der Waals surface area contributed by atoms with Crippen LogP contribution in [0.2, 0.25) is 0 Å². The summed E-state index contributed by atoms with van der Waals surface area (Å²) in [5.74, 6) is 0.0249. The smallest absolute Gasteiger partial charge is 0.123 e. The summed E-state index contributed by atoms with van der Waals surface area (Å²) < 4.78 is 0. The largest absolute Gasteiger partial charge is 0.303 e. The van der Waals surface area contributed by atoms with Gasteiger partial charge < -0.3 is 4.79 Å². The van der Waals surface area contributed by atoms with Crippen LogP contribution in [0.1, 0.15) is 39.0 Å². The lowest BCUT2D eigenvalue weighted by Crippen LogP contribution is -1.94. The maximum absolute atomic E-state index is 10.1. The Morgan fingerprint density at radius 2 is 2.10 bits per heavy atom. The third-order valence-corrected chi connectivity index (χ3v) is 1.62. The van der Waals surface area contributed by atoms with Crippen LogP contribution in [0.5, 0.6) is 0 Å². The van der Waals surface area contributed by atoms with E-state index in [0.717, 1.165) is 19.1 Å². The van der Waals surface area contributed by atoms with Crippen LogP contribution in [0, 0.1) is 12.8 Å². The zero-order chi connectivity index (χ0) is 7.82. The van der Waals surface area contributed by atoms with Gasteiger partial charge in [0.25, 0.3) is 0 Å². The molecule has 1 radical (unpaired) electrons. The first kappa shape index (κ1) is 9.67. The number of rotatable bonds is 6. The van der Waals surface area contributed by atoms with E-state index in [1.54, 1.807) is 0 Å². The third-order valence-electron chi connectivity index (χ3n) is 1.62. The standard InChI is InChI=1S/C9H17O/c1-3-4-5-6-7-9(2)8-10/h8-9H,2-7H2,1H3. The fourth-order valence-electron chi connectivity index (χ4n) is 0.901. The van der Waals surface area contributed by atoms with Crippen molar-refractivity contribution in [2.45, 2.75) is 39.0 Å². The molecule has 59 valence electrons. The van der Waals surface area contributed by atoms with E-state index in [9.17, 15) is 4.79 Å². The van der Waals surface area contributed by atoms with E-state index >= 15 is 0 Å². The Balaban J connectivity index is 2.95. The summed E-state index contributed by atoms with van der Waals surface area (Å²) in [6, 6.07) is 0. The number of carbonyl (C=O) groups excluding carboxylic acids is 1. The van der Waals surface area contributed by atoms with Crippen LogP contribution < -0.4 is 0 Å². The molecule has 0 aromatic carbocycles. The Bertz CT molecular complexity index is 78.8. The van der Waals surface area contributed by atoms with Gasteiger partial charge in [0.05, 0.1) is 0 Å². The van der Waals surface area contributed by atoms with Gasteiger partial charge in [-0.05, 0) is 13.3 Å². The van der Waals surface area contributed by atoms with E-state index in [4.69, 9.17) is 0 Å². The molecule has 0 N–H and O–H groups in total.